The zero-order chi connectivity index (χ0) is 9.99. The lowest BCUT2D eigenvalue weighted by Gasteiger charge is -2.38. The lowest BCUT2D eigenvalue weighted by molar-refractivity contribution is 0.292. The van der Waals surface area contributed by atoms with Crippen LogP contribution in [0.1, 0.15) is 27.7 Å². The molecule has 1 atom stereocenters. The van der Waals surface area contributed by atoms with E-state index in [1.807, 2.05) is 0 Å². The average Bonchev–Trinajstić information content (AvgIpc) is 1.85. The minimum atomic E-state index is -1.65. The van der Waals surface area contributed by atoms with E-state index in [0.717, 1.165) is 0 Å². The molecule has 0 bridgehead atoms. The maximum absolute atomic E-state index is 9.80. The van der Waals surface area contributed by atoms with E-state index in [0.29, 0.717) is 0 Å². The lowest BCUT2D eigenvalue weighted by Crippen LogP contribution is -2.48. The summed E-state index contributed by atoms with van der Waals surface area (Å²) in [5.74, 6) is 5.64. The molecule has 0 aliphatic heterocycles. The fraction of sp³-hybridized carbons (Fsp3) is 0.800. The number of aliphatic hydroxyl groups is 1. The molecule has 0 aromatic rings. The maximum atomic E-state index is 9.80. The summed E-state index contributed by atoms with van der Waals surface area (Å²) in [5, 5.41) is 10.0. The van der Waals surface area contributed by atoms with Crippen molar-refractivity contribution >= 4 is 8.07 Å². The minimum Gasteiger partial charge on any atom is -0.384 e. The Hall–Kier alpha value is -0.263. The number of rotatable bonds is 1. The quantitative estimate of drug-likeness (QED) is 0.490. The first-order valence-corrected chi connectivity index (χ1v) is 7.41. The second-order valence-corrected chi connectivity index (χ2v) is 10.3. The van der Waals surface area contributed by atoms with Crippen LogP contribution in [-0.4, -0.2) is 18.9 Å². The molecule has 0 aromatic heterocycles. The Morgan fingerprint density at radius 1 is 1.25 bits per heavy atom. The van der Waals surface area contributed by atoms with Gasteiger partial charge in [0.25, 0.3) is 0 Å². The Morgan fingerprint density at radius 2 is 1.67 bits per heavy atom. The van der Waals surface area contributed by atoms with E-state index in [1.54, 1.807) is 6.92 Å². The minimum absolute atomic E-state index is 0.205. The van der Waals surface area contributed by atoms with Crippen molar-refractivity contribution in [1.82, 2.24) is 0 Å². The summed E-state index contributed by atoms with van der Waals surface area (Å²) in [4.78, 5) is 0. The van der Waals surface area contributed by atoms with E-state index < -0.39 is 13.8 Å². The summed E-state index contributed by atoms with van der Waals surface area (Å²) < 4.78 is 0. The van der Waals surface area contributed by atoms with E-state index in [4.69, 9.17) is 0 Å². The molecule has 0 aromatic carbocycles. The van der Waals surface area contributed by atoms with Crippen LogP contribution < -0.4 is 0 Å². The molecular formula is C10H20OSi. The third kappa shape index (κ3) is 2.36. The van der Waals surface area contributed by atoms with Gasteiger partial charge in [-0.3, -0.25) is 0 Å². The first kappa shape index (κ1) is 11.7. The van der Waals surface area contributed by atoms with Crippen LogP contribution in [0.2, 0.25) is 18.1 Å². The predicted molar refractivity (Wildman–Crippen MR) is 56.7 cm³/mol. The van der Waals surface area contributed by atoms with Gasteiger partial charge in [0, 0.05) is 0 Å². The summed E-state index contributed by atoms with van der Waals surface area (Å²) in [6, 6.07) is 0. The summed E-state index contributed by atoms with van der Waals surface area (Å²) in [7, 11) is -1.65. The number of hydrogen-bond acceptors (Lipinski definition) is 1. The van der Waals surface area contributed by atoms with Crippen LogP contribution in [0.5, 0.6) is 0 Å². The Labute approximate surface area is 77.2 Å². The molecule has 70 valence electrons. The van der Waals surface area contributed by atoms with Gasteiger partial charge in [0.2, 0.25) is 0 Å². The molecule has 0 saturated carbocycles. The zero-order valence-electron chi connectivity index (χ0n) is 9.02. The number of aliphatic hydroxyl groups excluding tert-OH is 1. The van der Waals surface area contributed by atoms with Crippen molar-refractivity contribution in [2.45, 2.75) is 51.6 Å². The molecule has 2 heteroatoms. The van der Waals surface area contributed by atoms with Crippen molar-refractivity contribution in [3.05, 3.63) is 0 Å². The number of hydrogen-bond donors (Lipinski definition) is 1. The second-order valence-electron chi connectivity index (χ2n) is 4.77. The first-order chi connectivity index (χ1) is 5.23. The first-order valence-electron chi connectivity index (χ1n) is 4.34. The molecule has 1 N–H and O–H groups in total. The van der Waals surface area contributed by atoms with Gasteiger partial charge >= 0.3 is 0 Å². The normalized spacial score (nSPS) is 14.9. The fourth-order valence-corrected chi connectivity index (χ4v) is 2.05. The van der Waals surface area contributed by atoms with E-state index in [9.17, 15) is 5.11 Å². The SMILES string of the molecule is CC#CC(O)[Si](C)(C)C(C)(C)C. The molecule has 0 rings (SSSR count). The van der Waals surface area contributed by atoms with Gasteiger partial charge in [-0.15, -0.1) is 5.92 Å². The van der Waals surface area contributed by atoms with Crippen LogP contribution in [0.15, 0.2) is 0 Å². The summed E-state index contributed by atoms with van der Waals surface area (Å²) >= 11 is 0. The highest BCUT2D eigenvalue weighted by molar-refractivity contribution is 6.81. The van der Waals surface area contributed by atoms with Gasteiger partial charge in [0.1, 0.15) is 13.8 Å². The van der Waals surface area contributed by atoms with Crippen LogP contribution >= 0.6 is 0 Å². The molecule has 0 spiro atoms. The van der Waals surface area contributed by atoms with Crippen molar-refractivity contribution in [3.63, 3.8) is 0 Å². The molecule has 0 aliphatic carbocycles. The van der Waals surface area contributed by atoms with Crippen LogP contribution in [0, 0.1) is 11.8 Å². The molecule has 0 saturated heterocycles. The highest BCUT2D eigenvalue weighted by Gasteiger charge is 2.40. The smallest absolute Gasteiger partial charge is 0.103 e. The molecule has 0 aliphatic rings. The average molecular weight is 184 g/mol. The van der Waals surface area contributed by atoms with E-state index in [2.05, 4.69) is 45.7 Å². The second kappa shape index (κ2) is 3.63. The van der Waals surface area contributed by atoms with Gasteiger partial charge in [-0.25, -0.2) is 0 Å². The molecule has 0 amide bonds. The molecule has 1 unspecified atom stereocenters. The Morgan fingerprint density at radius 3 is 1.92 bits per heavy atom. The Balaban J connectivity index is 4.69. The highest BCUT2D eigenvalue weighted by atomic mass is 28.3. The van der Waals surface area contributed by atoms with E-state index >= 15 is 0 Å². The van der Waals surface area contributed by atoms with Gasteiger partial charge < -0.3 is 5.11 Å². The summed E-state index contributed by atoms with van der Waals surface area (Å²) in [6.07, 6.45) is 0. The molecule has 0 heterocycles. The summed E-state index contributed by atoms with van der Waals surface area (Å²) in [5.41, 5.74) is -0.400. The van der Waals surface area contributed by atoms with Gasteiger partial charge in [0.15, 0.2) is 0 Å². The third-order valence-electron chi connectivity index (χ3n) is 2.90. The van der Waals surface area contributed by atoms with Gasteiger partial charge in [-0.05, 0) is 12.0 Å². The largest absolute Gasteiger partial charge is 0.384 e. The van der Waals surface area contributed by atoms with Crippen molar-refractivity contribution in [2.75, 3.05) is 0 Å². The maximum Gasteiger partial charge on any atom is 0.103 e. The highest BCUT2D eigenvalue weighted by Crippen LogP contribution is 2.37. The molecule has 12 heavy (non-hydrogen) atoms. The van der Waals surface area contributed by atoms with Crippen LogP contribution in [0.25, 0.3) is 0 Å². The van der Waals surface area contributed by atoms with Crippen molar-refractivity contribution in [3.8, 4) is 11.8 Å². The Bertz CT molecular complexity index is 202. The van der Waals surface area contributed by atoms with Crippen molar-refractivity contribution in [1.29, 1.82) is 0 Å². The fourth-order valence-electron chi connectivity index (χ4n) is 0.727. The molecule has 1 nitrogen and oxygen atoms in total. The standard InChI is InChI=1S/C10H20OSi/c1-7-8-9(11)12(5,6)10(2,3)4/h9,11H,1-6H3. The van der Waals surface area contributed by atoms with Crippen LogP contribution in [-0.2, 0) is 0 Å². The lowest BCUT2D eigenvalue weighted by atomic mass is 10.2. The third-order valence-corrected chi connectivity index (χ3v) is 8.28. The monoisotopic (exact) mass is 184 g/mol. The summed E-state index contributed by atoms with van der Waals surface area (Å²) in [6.45, 7) is 12.7. The van der Waals surface area contributed by atoms with E-state index in [1.165, 1.54) is 0 Å². The van der Waals surface area contributed by atoms with Crippen LogP contribution in [0.4, 0.5) is 0 Å². The van der Waals surface area contributed by atoms with E-state index in [-0.39, 0.29) is 5.04 Å². The van der Waals surface area contributed by atoms with Crippen molar-refractivity contribution in [2.24, 2.45) is 0 Å². The van der Waals surface area contributed by atoms with Gasteiger partial charge in [-0.2, -0.15) is 0 Å². The predicted octanol–water partition coefficient (Wildman–Crippen LogP) is 2.42. The topological polar surface area (TPSA) is 20.2 Å². The van der Waals surface area contributed by atoms with Gasteiger partial charge in [0.05, 0.1) is 0 Å². The van der Waals surface area contributed by atoms with Gasteiger partial charge in [-0.1, -0.05) is 39.8 Å². The van der Waals surface area contributed by atoms with Crippen molar-refractivity contribution < 1.29 is 5.11 Å². The molecule has 0 radical (unpaired) electrons. The molecular weight excluding hydrogens is 164 g/mol. The van der Waals surface area contributed by atoms with Crippen LogP contribution in [0.3, 0.4) is 0 Å². The molecule has 0 fully saturated rings. The Kier molecular flexibility index (Phi) is 3.55. The zero-order valence-corrected chi connectivity index (χ0v) is 10.0.